The van der Waals surface area contributed by atoms with E-state index in [-0.39, 0.29) is 5.91 Å². The Morgan fingerprint density at radius 1 is 1.17 bits per heavy atom. The normalized spacial score (nSPS) is 15.0. The van der Waals surface area contributed by atoms with Crippen LogP contribution in [0.2, 0.25) is 0 Å². The standard InChI is InChI=1S/C18H25N3O3/c1-3-23-15-6-7-16(17(14-15)24-4-2)18(22)21-12-10-20(11-13-21)9-5-8-19/h6-7,14H,3-5,9-13H2,1-2H3. The second-order valence-electron chi connectivity index (χ2n) is 5.57. The molecule has 0 N–H and O–H groups in total. The molecule has 0 radical (unpaired) electrons. The third-order valence-corrected chi connectivity index (χ3v) is 3.99. The van der Waals surface area contributed by atoms with Crippen LogP contribution in [0.3, 0.4) is 0 Å². The Bertz CT molecular complexity index is 590. The highest BCUT2D eigenvalue weighted by Crippen LogP contribution is 2.26. The summed E-state index contributed by atoms with van der Waals surface area (Å²) >= 11 is 0. The number of rotatable bonds is 7. The maximum Gasteiger partial charge on any atom is 0.257 e. The number of benzene rings is 1. The van der Waals surface area contributed by atoms with E-state index in [0.717, 1.165) is 19.6 Å². The molecular formula is C18H25N3O3. The van der Waals surface area contributed by atoms with Crippen molar-refractivity contribution in [2.75, 3.05) is 45.9 Å². The van der Waals surface area contributed by atoms with Gasteiger partial charge in [0.15, 0.2) is 0 Å². The molecule has 6 heteroatoms. The van der Waals surface area contributed by atoms with Crippen LogP contribution in [-0.4, -0.2) is 61.6 Å². The van der Waals surface area contributed by atoms with Crippen molar-refractivity contribution in [2.24, 2.45) is 0 Å². The van der Waals surface area contributed by atoms with Crippen molar-refractivity contribution in [2.45, 2.75) is 20.3 Å². The maximum absolute atomic E-state index is 12.8. The van der Waals surface area contributed by atoms with Gasteiger partial charge in [0.2, 0.25) is 0 Å². The van der Waals surface area contributed by atoms with E-state index in [0.29, 0.717) is 49.8 Å². The Labute approximate surface area is 143 Å². The fourth-order valence-electron chi connectivity index (χ4n) is 2.76. The highest BCUT2D eigenvalue weighted by molar-refractivity contribution is 5.97. The lowest BCUT2D eigenvalue weighted by molar-refractivity contribution is 0.0635. The molecule has 0 aliphatic carbocycles. The first-order valence-electron chi connectivity index (χ1n) is 8.47. The van der Waals surface area contributed by atoms with Crippen LogP contribution in [0.1, 0.15) is 30.6 Å². The topological polar surface area (TPSA) is 65.8 Å². The zero-order valence-corrected chi connectivity index (χ0v) is 14.5. The van der Waals surface area contributed by atoms with Crippen molar-refractivity contribution in [3.63, 3.8) is 0 Å². The Hall–Kier alpha value is -2.26. The molecule has 1 amide bonds. The minimum atomic E-state index is -0.0126. The van der Waals surface area contributed by atoms with Gasteiger partial charge in [-0.2, -0.15) is 5.26 Å². The van der Waals surface area contributed by atoms with Gasteiger partial charge in [0.05, 0.1) is 24.8 Å². The van der Waals surface area contributed by atoms with Gasteiger partial charge in [0.1, 0.15) is 11.5 Å². The third kappa shape index (κ3) is 4.62. The predicted molar refractivity (Wildman–Crippen MR) is 91.4 cm³/mol. The molecule has 1 fully saturated rings. The Morgan fingerprint density at radius 2 is 1.88 bits per heavy atom. The van der Waals surface area contributed by atoms with Crippen molar-refractivity contribution in [1.82, 2.24) is 9.80 Å². The number of amides is 1. The van der Waals surface area contributed by atoms with Gasteiger partial charge in [-0.05, 0) is 26.0 Å². The molecule has 1 aromatic carbocycles. The molecule has 24 heavy (non-hydrogen) atoms. The van der Waals surface area contributed by atoms with Crippen molar-refractivity contribution in [3.05, 3.63) is 23.8 Å². The van der Waals surface area contributed by atoms with E-state index in [1.807, 2.05) is 24.8 Å². The van der Waals surface area contributed by atoms with Gasteiger partial charge in [-0.25, -0.2) is 0 Å². The summed E-state index contributed by atoms with van der Waals surface area (Å²) in [7, 11) is 0. The van der Waals surface area contributed by atoms with E-state index >= 15 is 0 Å². The number of nitriles is 1. The van der Waals surface area contributed by atoms with E-state index < -0.39 is 0 Å². The Morgan fingerprint density at radius 3 is 2.50 bits per heavy atom. The minimum absolute atomic E-state index is 0.0126. The average Bonchev–Trinajstić information content (AvgIpc) is 2.61. The number of carbonyl (C=O) groups is 1. The molecule has 0 atom stereocenters. The van der Waals surface area contributed by atoms with Gasteiger partial charge < -0.3 is 14.4 Å². The fraction of sp³-hybridized carbons (Fsp3) is 0.556. The first kappa shape index (κ1) is 18.1. The van der Waals surface area contributed by atoms with Crippen LogP contribution in [0.15, 0.2) is 18.2 Å². The monoisotopic (exact) mass is 331 g/mol. The van der Waals surface area contributed by atoms with Gasteiger partial charge in [0.25, 0.3) is 5.91 Å². The van der Waals surface area contributed by atoms with E-state index in [4.69, 9.17) is 14.7 Å². The lowest BCUT2D eigenvalue weighted by atomic mass is 10.1. The van der Waals surface area contributed by atoms with Crippen LogP contribution >= 0.6 is 0 Å². The number of carbonyl (C=O) groups excluding carboxylic acids is 1. The molecule has 1 aliphatic heterocycles. The summed E-state index contributed by atoms with van der Waals surface area (Å²) in [4.78, 5) is 16.9. The summed E-state index contributed by atoms with van der Waals surface area (Å²) in [5.74, 6) is 1.26. The molecule has 0 aromatic heterocycles. The highest BCUT2D eigenvalue weighted by atomic mass is 16.5. The summed E-state index contributed by atoms with van der Waals surface area (Å²) in [5.41, 5.74) is 0.575. The average molecular weight is 331 g/mol. The molecule has 0 bridgehead atoms. The van der Waals surface area contributed by atoms with Crippen LogP contribution in [-0.2, 0) is 0 Å². The Kier molecular flexibility index (Phi) is 6.89. The zero-order valence-electron chi connectivity index (χ0n) is 14.5. The summed E-state index contributed by atoms with van der Waals surface area (Å²) in [6.07, 6.45) is 0.529. The van der Waals surface area contributed by atoms with Crippen molar-refractivity contribution in [1.29, 1.82) is 5.26 Å². The molecule has 2 rings (SSSR count). The second kappa shape index (κ2) is 9.14. The molecule has 130 valence electrons. The number of nitrogens with zero attached hydrogens (tertiary/aromatic N) is 3. The largest absolute Gasteiger partial charge is 0.494 e. The second-order valence-corrected chi connectivity index (χ2v) is 5.57. The van der Waals surface area contributed by atoms with Crippen molar-refractivity contribution < 1.29 is 14.3 Å². The predicted octanol–water partition coefficient (Wildman–Crippen LogP) is 2.16. The number of ether oxygens (including phenoxy) is 2. The highest BCUT2D eigenvalue weighted by Gasteiger charge is 2.24. The van der Waals surface area contributed by atoms with Crippen LogP contribution in [0.4, 0.5) is 0 Å². The van der Waals surface area contributed by atoms with Gasteiger partial charge in [-0.15, -0.1) is 0 Å². The SMILES string of the molecule is CCOc1ccc(C(=O)N2CCN(CCC#N)CC2)c(OCC)c1. The van der Waals surface area contributed by atoms with Crippen molar-refractivity contribution in [3.8, 4) is 17.6 Å². The third-order valence-electron chi connectivity index (χ3n) is 3.99. The summed E-state index contributed by atoms with van der Waals surface area (Å²) < 4.78 is 11.1. The fourth-order valence-corrected chi connectivity index (χ4v) is 2.76. The molecular weight excluding hydrogens is 306 g/mol. The first-order valence-corrected chi connectivity index (χ1v) is 8.47. The zero-order chi connectivity index (χ0) is 17.4. The lowest BCUT2D eigenvalue weighted by Crippen LogP contribution is -2.48. The molecule has 6 nitrogen and oxygen atoms in total. The van der Waals surface area contributed by atoms with Crippen LogP contribution in [0.5, 0.6) is 11.5 Å². The van der Waals surface area contributed by atoms with Gasteiger partial charge >= 0.3 is 0 Å². The molecule has 1 saturated heterocycles. The minimum Gasteiger partial charge on any atom is -0.494 e. The quantitative estimate of drug-likeness (QED) is 0.766. The van der Waals surface area contributed by atoms with E-state index in [1.165, 1.54) is 0 Å². The van der Waals surface area contributed by atoms with Gasteiger partial charge in [-0.3, -0.25) is 9.69 Å². The summed E-state index contributed by atoms with van der Waals surface area (Å²) in [5, 5.41) is 8.66. The summed E-state index contributed by atoms with van der Waals surface area (Å²) in [6.45, 7) is 8.60. The molecule has 0 unspecified atom stereocenters. The van der Waals surface area contributed by atoms with E-state index in [2.05, 4.69) is 11.0 Å². The van der Waals surface area contributed by atoms with E-state index in [1.54, 1.807) is 12.1 Å². The van der Waals surface area contributed by atoms with Crippen molar-refractivity contribution >= 4 is 5.91 Å². The van der Waals surface area contributed by atoms with Gasteiger partial charge in [0, 0.05) is 45.2 Å². The molecule has 1 aromatic rings. The number of hydrogen-bond acceptors (Lipinski definition) is 5. The lowest BCUT2D eigenvalue weighted by Gasteiger charge is -2.34. The summed E-state index contributed by atoms with van der Waals surface area (Å²) in [6, 6.07) is 7.53. The molecule has 0 spiro atoms. The first-order chi connectivity index (χ1) is 11.7. The van der Waals surface area contributed by atoms with Crippen LogP contribution in [0.25, 0.3) is 0 Å². The molecule has 1 heterocycles. The van der Waals surface area contributed by atoms with Crippen LogP contribution in [0, 0.1) is 11.3 Å². The van der Waals surface area contributed by atoms with Crippen LogP contribution < -0.4 is 9.47 Å². The number of hydrogen-bond donors (Lipinski definition) is 0. The molecule has 1 aliphatic rings. The van der Waals surface area contributed by atoms with E-state index in [9.17, 15) is 4.79 Å². The Balaban J connectivity index is 2.05. The maximum atomic E-state index is 12.8. The van der Waals surface area contributed by atoms with Gasteiger partial charge in [-0.1, -0.05) is 0 Å². The molecule has 0 saturated carbocycles. The number of piperazine rings is 1. The smallest absolute Gasteiger partial charge is 0.257 e.